The fourth-order valence-electron chi connectivity index (χ4n) is 1.86. The number of nitriles is 1. The number of carbonyl (C=O) groups excluding carboxylic acids is 1. The highest BCUT2D eigenvalue weighted by Gasteiger charge is 2.27. The van der Waals surface area contributed by atoms with Gasteiger partial charge in [0.2, 0.25) is 0 Å². The van der Waals surface area contributed by atoms with Gasteiger partial charge in [-0.15, -0.1) is 0 Å². The molecule has 116 valence electrons. The summed E-state index contributed by atoms with van der Waals surface area (Å²) in [5.41, 5.74) is 0.292. The van der Waals surface area contributed by atoms with Gasteiger partial charge in [-0.3, -0.25) is 9.52 Å². The summed E-state index contributed by atoms with van der Waals surface area (Å²) in [5.74, 6) is -1.92. The summed E-state index contributed by atoms with van der Waals surface area (Å²) in [6.45, 7) is 0. The van der Waals surface area contributed by atoms with Gasteiger partial charge in [0, 0.05) is 5.56 Å². The Balaban J connectivity index is 2.22. The van der Waals surface area contributed by atoms with Crippen LogP contribution < -0.4 is 4.72 Å². The van der Waals surface area contributed by atoms with Gasteiger partial charge in [0.05, 0.1) is 11.0 Å². The first kappa shape index (κ1) is 16.8. The number of benzene rings is 2. The number of hydrogen-bond acceptors (Lipinski definition) is 5. The van der Waals surface area contributed by atoms with E-state index in [0.717, 1.165) is 0 Å². The highest BCUT2D eigenvalue weighted by atomic mass is 32.2. The Labute approximate surface area is 139 Å². The van der Waals surface area contributed by atoms with E-state index in [1.54, 1.807) is 54.6 Å². The van der Waals surface area contributed by atoms with Crippen LogP contribution in [0.2, 0.25) is 0 Å². The number of ketones is 1. The maximum atomic E-state index is 12.3. The van der Waals surface area contributed by atoms with Gasteiger partial charge in [-0.2, -0.15) is 5.26 Å². The maximum absolute atomic E-state index is 12.3. The van der Waals surface area contributed by atoms with Crippen LogP contribution >= 0.6 is 12.2 Å². The van der Waals surface area contributed by atoms with Crippen molar-refractivity contribution in [1.82, 2.24) is 4.72 Å². The summed E-state index contributed by atoms with van der Waals surface area (Å²) in [4.78, 5) is 12.0. The first-order valence-corrected chi connectivity index (χ1v) is 8.45. The molecule has 2 aromatic rings. The van der Waals surface area contributed by atoms with E-state index in [1.807, 2.05) is 0 Å². The Morgan fingerprint density at radius 2 is 1.57 bits per heavy atom. The van der Waals surface area contributed by atoms with Crippen LogP contribution in [0.25, 0.3) is 0 Å². The monoisotopic (exact) mass is 344 g/mol. The SMILES string of the molecule is N#CC(C(=O)c1ccccc1)C(=S)NS(=O)(=O)c1ccccc1. The lowest BCUT2D eigenvalue weighted by atomic mass is 9.99. The van der Waals surface area contributed by atoms with Crippen LogP contribution in [0.4, 0.5) is 0 Å². The van der Waals surface area contributed by atoms with Crippen LogP contribution in [0, 0.1) is 17.2 Å². The number of carbonyl (C=O) groups is 1. The summed E-state index contributed by atoms with van der Waals surface area (Å²) in [5, 5.41) is 9.20. The molecule has 0 aliphatic carbocycles. The third-order valence-electron chi connectivity index (χ3n) is 3.00. The molecular weight excluding hydrogens is 332 g/mol. The quantitative estimate of drug-likeness (QED) is 0.664. The molecule has 1 unspecified atom stereocenters. The number of Topliss-reactive ketones (excluding diaryl/α,β-unsaturated/α-hetero) is 1. The summed E-state index contributed by atoms with van der Waals surface area (Å²) in [6, 6.07) is 17.5. The molecule has 5 nitrogen and oxygen atoms in total. The van der Waals surface area contributed by atoms with Crippen molar-refractivity contribution in [1.29, 1.82) is 5.26 Å². The van der Waals surface area contributed by atoms with Gasteiger partial charge in [-0.05, 0) is 12.1 Å². The van der Waals surface area contributed by atoms with Crippen molar-refractivity contribution in [2.45, 2.75) is 4.90 Å². The van der Waals surface area contributed by atoms with Gasteiger partial charge in [0.15, 0.2) is 11.7 Å². The maximum Gasteiger partial charge on any atom is 0.262 e. The Bertz CT molecular complexity index is 857. The van der Waals surface area contributed by atoms with Crippen LogP contribution in [0.5, 0.6) is 0 Å². The fourth-order valence-corrected chi connectivity index (χ4v) is 3.36. The Hall–Kier alpha value is -2.56. The number of sulfonamides is 1. The fraction of sp³-hybridized carbons (Fsp3) is 0.0625. The standard InChI is InChI=1S/C16H12N2O3S2/c17-11-14(15(19)12-7-3-1-4-8-12)16(22)18-23(20,21)13-9-5-2-6-10-13/h1-10,14H,(H,18,22). The molecule has 0 amide bonds. The van der Waals surface area contributed by atoms with Crippen molar-refractivity contribution in [3.05, 3.63) is 66.2 Å². The zero-order valence-corrected chi connectivity index (χ0v) is 13.5. The van der Waals surface area contributed by atoms with Gasteiger partial charge in [0.1, 0.15) is 4.99 Å². The van der Waals surface area contributed by atoms with Gasteiger partial charge < -0.3 is 0 Å². The Kier molecular flexibility index (Phi) is 5.21. The number of rotatable bonds is 5. The number of thiocarbonyl (C=S) groups is 1. The molecule has 0 saturated heterocycles. The molecule has 0 bridgehead atoms. The molecule has 7 heteroatoms. The predicted molar refractivity (Wildman–Crippen MR) is 89.2 cm³/mol. The zero-order chi connectivity index (χ0) is 16.9. The minimum absolute atomic E-state index is 0.00574. The first-order valence-electron chi connectivity index (χ1n) is 6.56. The van der Waals surface area contributed by atoms with Crippen LogP contribution in [0.15, 0.2) is 65.6 Å². The Morgan fingerprint density at radius 3 is 2.09 bits per heavy atom. The summed E-state index contributed by atoms with van der Waals surface area (Å²) < 4.78 is 26.5. The summed E-state index contributed by atoms with van der Waals surface area (Å²) >= 11 is 4.97. The smallest absolute Gasteiger partial charge is 0.262 e. The average molecular weight is 344 g/mol. The van der Waals surface area contributed by atoms with E-state index >= 15 is 0 Å². The highest BCUT2D eigenvalue weighted by molar-refractivity contribution is 7.92. The molecule has 2 aromatic carbocycles. The van der Waals surface area contributed by atoms with E-state index in [9.17, 15) is 18.5 Å². The van der Waals surface area contributed by atoms with Crippen molar-refractivity contribution in [2.75, 3.05) is 0 Å². The van der Waals surface area contributed by atoms with Crippen molar-refractivity contribution in [3.8, 4) is 6.07 Å². The molecule has 0 radical (unpaired) electrons. The number of hydrogen-bond donors (Lipinski definition) is 1. The number of nitrogens with zero attached hydrogens (tertiary/aromatic N) is 1. The van der Waals surface area contributed by atoms with Gasteiger partial charge in [0.25, 0.3) is 10.0 Å². The van der Waals surface area contributed by atoms with Crippen molar-refractivity contribution >= 4 is 33.0 Å². The molecule has 0 aromatic heterocycles. The highest BCUT2D eigenvalue weighted by Crippen LogP contribution is 2.13. The molecule has 1 N–H and O–H groups in total. The molecule has 0 aliphatic rings. The largest absolute Gasteiger partial charge is 0.292 e. The van der Waals surface area contributed by atoms with E-state index in [1.165, 1.54) is 12.1 Å². The van der Waals surface area contributed by atoms with E-state index in [2.05, 4.69) is 4.72 Å². The van der Waals surface area contributed by atoms with E-state index in [0.29, 0.717) is 5.56 Å². The van der Waals surface area contributed by atoms with Gasteiger partial charge in [-0.25, -0.2) is 8.42 Å². The minimum atomic E-state index is -3.92. The molecule has 0 aliphatic heterocycles. The molecular formula is C16H12N2O3S2. The van der Waals surface area contributed by atoms with Crippen LogP contribution in [-0.4, -0.2) is 19.2 Å². The van der Waals surface area contributed by atoms with Crippen molar-refractivity contribution < 1.29 is 13.2 Å². The van der Waals surface area contributed by atoms with Crippen LogP contribution in [0.1, 0.15) is 10.4 Å². The molecule has 0 saturated carbocycles. The van der Waals surface area contributed by atoms with Gasteiger partial charge >= 0.3 is 0 Å². The lowest BCUT2D eigenvalue weighted by molar-refractivity contribution is 0.0975. The second-order valence-corrected chi connectivity index (χ2v) is 6.70. The third-order valence-corrected chi connectivity index (χ3v) is 4.85. The predicted octanol–water partition coefficient (Wildman–Crippen LogP) is 2.31. The van der Waals surface area contributed by atoms with E-state index < -0.39 is 21.7 Å². The normalized spacial score (nSPS) is 12.0. The average Bonchev–Trinajstić information content (AvgIpc) is 2.56. The molecule has 23 heavy (non-hydrogen) atoms. The molecule has 1 atom stereocenters. The topological polar surface area (TPSA) is 87.0 Å². The molecule has 0 heterocycles. The summed E-state index contributed by atoms with van der Waals surface area (Å²) in [6.07, 6.45) is 0. The van der Waals surface area contributed by atoms with E-state index in [-0.39, 0.29) is 9.88 Å². The lowest BCUT2D eigenvalue weighted by Crippen LogP contribution is -2.37. The van der Waals surface area contributed by atoms with Crippen LogP contribution in [-0.2, 0) is 10.0 Å². The third kappa shape index (κ3) is 4.00. The van der Waals surface area contributed by atoms with Crippen molar-refractivity contribution in [3.63, 3.8) is 0 Å². The first-order chi connectivity index (χ1) is 11.0. The molecule has 0 fully saturated rings. The molecule has 2 rings (SSSR count). The zero-order valence-electron chi connectivity index (χ0n) is 11.8. The second kappa shape index (κ2) is 7.13. The van der Waals surface area contributed by atoms with E-state index in [4.69, 9.17) is 12.2 Å². The molecule has 0 spiro atoms. The Morgan fingerprint density at radius 1 is 1.04 bits per heavy atom. The second-order valence-electron chi connectivity index (χ2n) is 4.58. The number of nitrogens with one attached hydrogen (secondary N) is 1. The summed E-state index contributed by atoms with van der Waals surface area (Å²) in [7, 11) is -3.92. The minimum Gasteiger partial charge on any atom is -0.292 e. The lowest BCUT2D eigenvalue weighted by Gasteiger charge is -2.13. The van der Waals surface area contributed by atoms with Crippen LogP contribution in [0.3, 0.4) is 0 Å². The van der Waals surface area contributed by atoms with Crippen molar-refractivity contribution in [2.24, 2.45) is 5.92 Å². The van der Waals surface area contributed by atoms with Gasteiger partial charge in [-0.1, -0.05) is 60.7 Å².